The van der Waals surface area contributed by atoms with Gasteiger partial charge < -0.3 is 9.64 Å². The van der Waals surface area contributed by atoms with E-state index < -0.39 is 11.8 Å². The number of carbonyl (C=O) groups is 3. The summed E-state index contributed by atoms with van der Waals surface area (Å²) in [5.74, 6) is -0.820. The molecule has 0 radical (unpaired) electrons. The van der Waals surface area contributed by atoms with Crippen molar-refractivity contribution in [1.82, 2.24) is 10.9 Å². The van der Waals surface area contributed by atoms with E-state index in [0.717, 1.165) is 16.8 Å². The van der Waals surface area contributed by atoms with Crippen LogP contribution in [0.2, 0.25) is 0 Å². The molecule has 0 saturated carbocycles. The molecule has 1 saturated heterocycles. The first-order valence-electron chi connectivity index (χ1n) is 9.01. The second-order valence-corrected chi connectivity index (χ2v) is 6.85. The number of rotatable bonds is 4. The van der Waals surface area contributed by atoms with Crippen molar-refractivity contribution in [2.45, 2.75) is 20.3 Å². The lowest BCUT2D eigenvalue weighted by Gasteiger charge is -2.18. The standard InChI is InChI=1S/C21H23N3O4/c1-13-4-7-17(10-14(13)2)24-12-16(11-19(24)25)21(27)23-22-20(26)15-5-8-18(28-3)9-6-15/h4-10,16H,11-12H2,1-3H3,(H,22,26)(H,23,27)/t16-/m0/s1. The SMILES string of the molecule is COc1ccc(C(=O)NNC(=O)[C@H]2CC(=O)N(c3ccc(C)c(C)c3)C2)cc1. The van der Waals surface area contributed by atoms with Crippen molar-refractivity contribution in [2.24, 2.45) is 5.92 Å². The predicted octanol–water partition coefficient (Wildman–Crippen LogP) is 2.13. The maximum absolute atomic E-state index is 12.4. The molecule has 0 bridgehead atoms. The summed E-state index contributed by atoms with van der Waals surface area (Å²) in [5, 5.41) is 0. The third kappa shape index (κ3) is 4.14. The lowest BCUT2D eigenvalue weighted by molar-refractivity contribution is -0.126. The molecule has 0 unspecified atom stereocenters. The minimum Gasteiger partial charge on any atom is -0.497 e. The summed E-state index contributed by atoms with van der Waals surface area (Å²) >= 11 is 0. The quantitative estimate of drug-likeness (QED) is 0.794. The van der Waals surface area contributed by atoms with E-state index in [2.05, 4.69) is 10.9 Å². The molecular weight excluding hydrogens is 358 g/mol. The zero-order valence-electron chi connectivity index (χ0n) is 16.1. The van der Waals surface area contributed by atoms with Crippen LogP contribution in [0.4, 0.5) is 5.69 Å². The molecule has 7 heteroatoms. The molecular formula is C21H23N3O4. The van der Waals surface area contributed by atoms with E-state index in [1.165, 1.54) is 0 Å². The molecule has 0 aromatic heterocycles. The maximum atomic E-state index is 12.4. The van der Waals surface area contributed by atoms with E-state index in [-0.39, 0.29) is 24.8 Å². The average molecular weight is 381 g/mol. The molecule has 7 nitrogen and oxygen atoms in total. The van der Waals surface area contributed by atoms with Crippen molar-refractivity contribution < 1.29 is 19.1 Å². The van der Waals surface area contributed by atoms with Gasteiger partial charge in [0.25, 0.3) is 5.91 Å². The largest absolute Gasteiger partial charge is 0.497 e. The molecule has 28 heavy (non-hydrogen) atoms. The van der Waals surface area contributed by atoms with Gasteiger partial charge in [-0.2, -0.15) is 0 Å². The highest BCUT2D eigenvalue weighted by Gasteiger charge is 2.35. The number of ether oxygens (including phenoxy) is 1. The Morgan fingerprint density at radius 1 is 1.04 bits per heavy atom. The number of nitrogens with one attached hydrogen (secondary N) is 2. The van der Waals surface area contributed by atoms with E-state index in [1.54, 1.807) is 36.3 Å². The Balaban J connectivity index is 1.58. The van der Waals surface area contributed by atoms with E-state index >= 15 is 0 Å². The number of hydrogen-bond acceptors (Lipinski definition) is 4. The smallest absolute Gasteiger partial charge is 0.269 e. The highest BCUT2D eigenvalue weighted by atomic mass is 16.5. The fourth-order valence-corrected chi connectivity index (χ4v) is 3.06. The molecule has 2 N–H and O–H groups in total. The number of carbonyl (C=O) groups excluding carboxylic acids is 3. The van der Waals surface area contributed by atoms with E-state index in [1.807, 2.05) is 32.0 Å². The number of anilines is 1. The number of aryl methyl sites for hydroxylation is 2. The van der Waals surface area contributed by atoms with Gasteiger partial charge in [-0.05, 0) is 61.4 Å². The van der Waals surface area contributed by atoms with Gasteiger partial charge in [0, 0.05) is 24.2 Å². The molecule has 0 spiro atoms. The summed E-state index contributed by atoms with van der Waals surface area (Å²) in [6.07, 6.45) is 0.108. The van der Waals surface area contributed by atoms with E-state index in [0.29, 0.717) is 11.3 Å². The maximum Gasteiger partial charge on any atom is 0.269 e. The zero-order valence-corrected chi connectivity index (χ0v) is 16.1. The highest BCUT2D eigenvalue weighted by Crippen LogP contribution is 2.26. The lowest BCUT2D eigenvalue weighted by atomic mass is 10.1. The van der Waals surface area contributed by atoms with Crippen molar-refractivity contribution in [3.8, 4) is 5.75 Å². The first kappa shape index (κ1) is 19.4. The van der Waals surface area contributed by atoms with E-state index in [4.69, 9.17) is 4.74 Å². The molecule has 146 valence electrons. The number of nitrogens with zero attached hydrogens (tertiary/aromatic N) is 1. The van der Waals surface area contributed by atoms with Crippen molar-refractivity contribution in [3.05, 3.63) is 59.2 Å². The summed E-state index contributed by atoms with van der Waals surface area (Å²) < 4.78 is 5.05. The first-order chi connectivity index (χ1) is 13.4. The van der Waals surface area contributed by atoms with Gasteiger partial charge in [0.2, 0.25) is 11.8 Å². The molecule has 1 aliphatic heterocycles. The predicted molar refractivity (Wildman–Crippen MR) is 105 cm³/mol. The molecule has 1 atom stereocenters. The fraction of sp³-hybridized carbons (Fsp3) is 0.286. The zero-order chi connectivity index (χ0) is 20.3. The third-order valence-electron chi connectivity index (χ3n) is 4.95. The summed E-state index contributed by atoms with van der Waals surface area (Å²) in [6, 6.07) is 12.3. The van der Waals surface area contributed by atoms with Gasteiger partial charge in [0.15, 0.2) is 0 Å². The Bertz CT molecular complexity index is 908. The molecule has 3 rings (SSSR count). The van der Waals surface area contributed by atoms with Crippen LogP contribution >= 0.6 is 0 Å². The summed E-state index contributed by atoms with van der Waals surface area (Å²) in [5.41, 5.74) is 8.21. The highest BCUT2D eigenvalue weighted by molar-refractivity contribution is 6.01. The van der Waals surface area contributed by atoms with Gasteiger partial charge in [0.1, 0.15) is 5.75 Å². The normalized spacial score (nSPS) is 16.0. The lowest BCUT2D eigenvalue weighted by Crippen LogP contribution is -2.45. The van der Waals surface area contributed by atoms with Gasteiger partial charge in [-0.15, -0.1) is 0 Å². The minimum absolute atomic E-state index is 0.107. The van der Waals surface area contributed by atoms with Gasteiger partial charge in [-0.25, -0.2) is 0 Å². The summed E-state index contributed by atoms with van der Waals surface area (Å²) in [4.78, 5) is 38.5. The summed E-state index contributed by atoms with van der Waals surface area (Å²) in [6.45, 7) is 4.27. The first-order valence-corrected chi connectivity index (χ1v) is 9.01. The van der Waals surface area contributed by atoms with Gasteiger partial charge in [0.05, 0.1) is 13.0 Å². The van der Waals surface area contributed by atoms with Crippen LogP contribution in [0.25, 0.3) is 0 Å². The fourth-order valence-electron chi connectivity index (χ4n) is 3.06. The van der Waals surface area contributed by atoms with Crippen LogP contribution in [-0.2, 0) is 9.59 Å². The molecule has 2 aromatic rings. The second-order valence-electron chi connectivity index (χ2n) is 6.85. The van der Waals surface area contributed by atoms with Gasteiger partial charge in [-0.1, -0.05) is 6.07 Å². The van der Waals surface area contributed by atoms with Crippen molar-refractivity contribution in [1.29, 1.82) is 0 Å². The van der Waals surface area contributed by atoms with E-state index in [9.17, 15) is 14.4 Å². The van der Waals surface area contributed by atoms with Crippen LogP contribution in [0.3, 0.4) is 0 Å². The summed E-state index contributed by atoms with van der Waals surface area (Å²) in [7, 11) is 1.54. The van der Waals surface area contributed by atoms with Crippen molar-refractivity contribution in [3.63, 3.8) is 0 Å². The van der Waals surface area contributed by atoms with Crippen LogP contribution in [0.1, 0.15) is 27.9 Å². The average Bonchev–Trinajstić information content (AvgIpc) is 3.09. The van der Waals surface area contributed by atoms with Crippen LogP contribution in [0, 0.1) is 19.8 Å². The second kappa shape index (κ2) is 8.12. The molecule has 2 aromatic carbocycles. The Morgan fingerprint density at radius 3 is 2.39 bits per heavy atom. The number of benzene rings is 2. The number of methoxy groups -OCH3 is 1. The molecule has 1 aliphatic rings. The molecule has 3 amide bonds. The Kier molecular flexibility index (Phi) is 5.63. The Hall–Kier alpha value is -3.35. The van der Waals surface area contributed by atoms with Gasteiger partial charge >= 0.3 is 0 Å². The van der Waals surface area contributed by atoms with Gasteiger partial charge in [-0.3, -0.25) is 25.2 Å². The molecule has 1 fully saturated rings. The third-order valence-corrected chi connectivity index (χ3v) is 4.95. The number of hydrogen-bond donors (Lipinski definition) is 2. The Morgan fingerprint density at radius 2 is 1.75 bits per heavy atom. The van der Waals surface area contributed by atoms with Crippen LogP contribution < -0.4 is 20.5 Å². The minimum atomic E-state index is -0.523. The number of amides is 3. The number of hydrazine groups is 1. The Labute approximate surface area is 163 Å². The molecule has 0 aliphatic carbocycles. The van der Waals surface area contributed by atoms with Crippen LogP contribution in [-0.4, -0.2) is 31.4 Å². The van der Waals surface area contributed by atoms with Crippen LogP contribution in [0.5, 0.6) is 5.75 Å². The van der Waals surface area contributed by atoms with Crippen molar-refractivity contribution in [2.75, 3.05) is 18.6 Å². The van der Waals surface area contributed by atoms with Crippen LogP contribution in [0.15, 0.2) is 42.5 Å². The topological polar surface area (TPSA) is 87.7 Å². The molecule has 1 heterocycles. The monoisotopic (exact) mass is 381 g/mol. The van der Waals surface area contributed by atoms with Crippen molar-refractivity contribution >= 4 is 23.4 Å².